The average Bonchev–Trinajstić information content (AvgIpc) is 2.92. The first-order valence-electron chi connectivity index (χ1n) is 6.99. The molecule has 0 radical (unpaired) electrons. The van der Waals surface area contributed by atoms with Crippen molar-refractivity contribution in [1.29, 1.82) is 5.26 Å². The summed E-state index contributed by atoms with van der Waals surface area (Å²) in [7, 11) is 0. The van der Waals surface area contributed by atoms with E-state index in [-0.39, 0.29) is 0 Å². The Balaban J connectivity index is 1.84. The van der Waals surface area contributed by atoms with Crippen LogP contribution in [0.1, 0.15) is 11.1 Å². The van der Waals surface area contributed by atoms with Gasteiger partial charge in [0, 0.05) is 18.0 Å². The van der Waals surface area contributed by atoms with E-state index >= 15 is 0 Å². The van der Waals surface area contributed by atoms with Crippen LogP contribution in [0.5, 0.6) is 0 Å². The molecule has 2 N–H and O–H groups in total. The fourth-order valence-corrected chi connectivity index (χ4v) is 2.76. The quantitative estimate of drug-likeness (QED) is 0.744. The molecule has 2 heterocycles. The number of nitrogens with zero attached hydrogens (tertiary/aromatic N) is 3. The van der Waals surface area contributed by atoms with Crippen LogP contribution in [0.15, 0.2) is 53.7 Å². The zero-order chi connectivity index (χ0) is 15.1. The smallest absolute Gasteiger partial charge is 0.104 e. The number of aliphatic imine (C=N–C) groups is 1. The molecule has 104 valence electrons. The second-order valence-corrected chi connectivity index (χ2v) is 5.37. The number of nitriles is 1. The van der Waals surface area contributed by atoms with Crippen molar-refractivity contribution in [2.24, 2.45) is 10.7 Å². The van der Waals surface area contributed by atoms with Crippen molar-refractivity contribution in [3.05, 3.63) is 59.8 Å². The summed E-state index contributed by atoms with van der Waals surface area (Å²) >= 11 is 0. The van der Waals surface area contributed by atoms with E-state index in [4.69, 9.17) is 11.0 Å². The van der Waals surface area contributed by atoms with Gasteiger partial charge in [0.15, 0.2) is 0 Å². The number of hydrogen-bond donors (Lipinski definition) is 1. The van der Waals surface area contributed by atoms with Crippen LogP contribution in [0.3, 0.4) is 0 Å². The summed E-state index contributed by atoms with van der Waals surface area (Å²) in [5, 5.41) is 9.96. The number of benzene rings is 2. The predicted octanol–water partition coefficient (Wildman–Crippen LogP) is 3.32. The highest BCUT2D eigenvalue weighted by molar-refractivity contribution is 5.92. The van der Waals surface area contributed by atoms with Crippen LogP contribution in [0.4, 0.5) is 5.69 Å². The number of amidine groups is 1. The van der Waals surface area contributed by atoms with E-state index < -0.39 is 0 Å². The number of pyridine rings is 1. The molecule has 0 bridgehead atoms. The van der Waals surface area contributed by atoms with Crippen LogP contribution >= 0.6 is 0 Å². The topological polar surface area (TPSA) is 75.1 Å². The van der Waals surface area contributed by atoms with Gasteiger partial charge in [-0.3, -0.25) is 4.98 Å². The van der Waals surface area contributed by atoms with Crippen molar-refractivity contribution in [2.75, 3.05) is 0 Å². The maximum atomic E-state index is 9.00. The Bertz CT molecular complexity index is 980. The van der Waals surface area contributed by atoms with Crippen LogP contribution in [-0.2, 0) is 6.42 Å². The number of hydrogen-bond acceptors (Lipinski definition) is 4. The molecule has 0 spiro atoms. The third kappa shape index (κ3) is 2.00. The summed E-state index contributed by atoms with van der Waals surface area (Å²) < 4.78 is 0. The summed E-state index contributed by atoms with van der Waals surface area (Å²) in [6.07, 6.45) is 2.32. The molecule has 22 heavy (non-hydrogen) atoms. The zero-order valence-corrected chi connectivity index (χ0v) is 11.7. The molecule has 4 heteroatoms. The van der Waals surface area contributed by atoms with Gasteiger partial charge in [-0.15, -0.1) is 0 Å². The molecule has 0 aliphatic carbocycles. The van der Waals surface area contributed by atoms with Gasteiger partial charge < -0.3 is 5.73 Å². The Hall–Kier alpha value is -3.19. The van der Waals surface area contributed by atoms with Crippen molar-refractivity contribution >= 4 is 22.4 Å². The molecule has 0 atom stereocenters. The van der Waals surface area contributed by atoms with E-state index in [1.807, 2.05) is 24.3 Å². The van der Waals surface area contributed by atoms with E-state index in [1.54, 1.807) is 6.20 Å². The van der Waals surface area contributed by atoms with Crippen LogP contribution < -0.4 is 5.73 Å². The van der Waals surface area contributed by atoms with E-state index in [0.717, 1.165) is 39.7 Å². The van der Waals surface area contributed by atoms with Gasteiger partial charge in [0.1, 0.15) is 11.9 Å². The Morgan fingerprint density at radius 3 is 2.73 bits per heavy atom. The molecule has 0 saturated carbocycles. The van der Waals surface area contributed by atoms with Crippen molar-refractivity contribution < 1.29 is 0 Å². The number of nitrogens with two attached hydrogens (primary N) is 1. The van der Waals surface area contributed by atoms with Gasteiger partial charge >= 0.3 is 0 Å². The Morgan fingerprint density at radius 1 is 1.05 bits per heavy atom. The maximum absolute atomic E-state index is 9.00. The van der Waals surface area contributed by atoms with Crippen molar-refractivity contribution in [3.8, 4) is 17.2 Å². The molecule has 4 nitrogen and oxygen atoms in total. The predicted molar refractivity (Wildman–Crippen MR) is 86.9 cm³/mol. The van der Waals surface area contributed by atoms with E-state index in [1.165, 1.54) is 0 Å². The average molecular weight is 284 g/mol. The fourth-order valence-electron chi connectivity index (χ4n) is 2.76. The first kappa shape index (κ1) is 12.5. The first-order valence-corrected chi connectivity index (χ1v) is 6.99. The van der Waals surface area contributed by atoms with Crippen molar-refractivity contribution in [3.63, 3.8) is 0 Å². The SMILES string of the molecule is N#Cc1cnc2ccc(-c3ccc4c(c3)N=C(N)C4)cc2c1. The number of rotatable bonds is 1. The van der Waals surface area contributed by atoms with Crippen molar-refractivity contribution in [1.82, 2.24) is 4.98 Å². The Morgan fingerprint density at radius 2 is 1.86 bits per heavy atom. The fraction of sp³-hybridized carbons (Fsp3) is 0.0556. The molecule has 3 aromatic rings. The lowest BCUT2D eigenvalue weighted by molar-refractivity contribution is 1.36. The van der Waals surface area contributed by atoms with Gasteiger partial charge in [-0.1, -0.05) is 18.2 Å². The van der Waals surface area contributed by atoms with Gasteiger partial charge in [0.2, 0.25) is 0 Å². The Labute approximate surface area is 127 Å². The molecule has 4 rings (SSSR count). The lowest BCUT2D eigenvalue weighted by Gasteiger charge is -2.06. The van der Waals surface area contributed by atoms with Gasteiger partial charge in [-0.05, 0) is 41.0 Å². The molecular formula is C18H12N4. The van der Waals surface area contributed by atoms with Crippen LogP contribution in [-0.4, -0.2) is 10.8 Å². The van der Waals surface area contributed by atoms with Crippen LogP contribution in [0, 0.1) is 11.3 Å². The summed E-state index contributed by atoms with van der Waals surface area (Å²) in [4.78, 5) is 8.66. The molecule has 1 aliphatic heterocycles. The minimum atomic E-state index is 0.566. The highest BCUT2D eigenvalue weighted by Gasteiger charge is 2.13. The minimum absolute atomic E-state index is 0.566. The lowest BCUT2D eigenvalue weighted by atomic mass is 10.00. The summed E-state index contributed by atoms with van der Waals surface area (Å²) in [5.74, 6) is 0.661. The third-order valence-corrected chi connectivity index (χ3v) is 3.86. The molecule has 1 aliphatic rings. The normalized spacial score (nSPS) is 12.8. The van der Waals surface area contributed by atoms with Gasteiger partial charge in [-0.2, -0.15) is 5.26 Å². The van der Waals surface area contributed by atoms with E-state index in [0.29, 0.717) is 11.4 Å². The molecule has 0 fully saturated rings. The lowest BCUT2D eigenvalue weighted by Crippen LogP contribution is -2.09. The van der Waals surface area contributed by atoms with Gasteiger partial charge in [-0.25, -0.2) is 4.99 Å². The second-order valence-electron chi connectivity index (χ2n) is 5.37. The number of fused-ring (bicyclic) bond motifs is 2. The first-order chi connectivity index (χ1) is 10.7. The monoisotopic (exact) mass is 284 g/mol. The highest BCUT2D eigenvalue weighted by atomic mass is 14.9. The van der Waals surface area contributed by atoms with Gasteiger partial charge in [0.05, 0.1) is 16.8 Å². The van der Waals surface area contributed by atoms with Crippen LogP contribution in [0.25, 0.3) is 22.0 Å². The summed E-state index contributed by atoms with van der Waals surface area (Å²) in [6.45, 7) is 0. The minimum Gasteiger partial charge on any atom is -0.387 e. The molecule has 0 unspecified atom stereocenters. The second kappa shape index (κ2) is 4.68. The Kier molecular flexibility index (Phi) is 2.67. The highest BCUT2D eigenvalue weighted by Crippen LogP contribution is 2.32. The molecule has 0 amide bonds. The standard InChI is InChI=1S/C18H12N4/c19-9-11-5-15-6-12(3-4-16(15)21-10-11)13-1-2-14-8-18(20)22-17(14)7-13/h1-7,10H,8H2,(H2,20,22). The molecule has 2 aromatic carbocycles. The third-order valence-electron chi connectivity index (χ3n) is 3.86. The maximum Gasteiger partial charge on any atom is 0.104 e. The summed E-state index contributed by atoms with van der Waals surface area (Å²) in [6, 6.07) is 16.2. The van der Waals surface area contributed by atoms with Crippen molar-refractivity contribution in [2.45, 2.75) is 6.42 Å². The van der Waals surface area contributed by atoms with E-state index in [9.17, 15) is 0 Å². The van der Waals surface area contributed by atoms with E-state index in [2.05, 4.69) is 34.2 Å². The molecule has 1 aromatic heterocycles. The van der Waals surface area contributed by atoms with Gasteiger partial charge in [0.25, 0.3) is 0 Å². The molecular weight excluding hydrogens is 272 g/mol. The van der Waals surface area contributed by atoms with Crippen LogP contribution in [0.2, 0.25) is 0 Å². The number of aromatic nitrogens is 1. The largest absolute Gasteiger partial charge is 0.387 e. The zero-order valence-electron chi connectivity index (χ0n) is 11.7. The summed E-state index contributed by atoms with van der Waals surface area (Å²) in [5.41, 5.74) is 11.5. The molecule has 0 saturated heterocycles.